The van der Waals surface area contributed by atoms with Gasteiger partial charge in [0.2, 0.25) is 0 Å². The van der Waals surface area contributed by atoms with Crippen molar-refractivity contribution in [3.05, 3.63) is 28.7 Å². The Kier molecular flexibility index (Phi) is 8.76. The number of rotatable bonds is 9. The van der Waals surface area contributed by atoms with Gasteiger partial charge in [-0.15, -0.1) is 18.2 Å². The Morgan fingerprint density at radius 3 is 3.11 bits per heavy atom. The number of aliphatic hydroxyl groups excluding tert-OH is 1. The van der Waals surface area contributed by atoms with Crippen molar-refractivity contribution in [3.63, 3.8) is 0 Å². The average Bonchev–Trinajstić information content (AvgIpc) is 2.40. The van der Waals surface area contributed by atoms with E-state index < -0.39 is 6.10 Å². The molecule has 1 aromatic carbocycles. The summed E-state index contributed by atoms with van der Waals surface area (Å²) in [7, 11) is 0. The highest BCUT2D eigenvalue weighted by atomic mass is 79.9. The fourth-order valence-corrected chi connectivity index (χ4v) is 2.28. The monoisotopic (exact) mass is 343 g/mol. The average molecular weight is 344 g/mol. The molecule has 0 saturated heterocycles. The Bertz CT molecular complexity index is 409. The second kappa shape index (κ2) is 10.2. The van der Waals surface area contributed by atoms with Crippen molar-refractivity contribution in [1.82, 2.24) is 5.32 Å². The molecule has 1 unspecified atom stereocenters. The van der Waals surface area contributed by atoms with E-state index in [1.54, 1.807) is 11.8 Å². The zero-order chi connectivity index (χ0) is 13.9. The van der Waals surface area contributed by atoms with E-state index in [-0.39, 0.29) is 6.61 Å². The topological polar surface area (TPSA) is 41.5 Å². The smallest absolute Gasteiger partial charge is 0.120 e. The second-order valence-corrected chi connectivity index (χ2v) is 5.90. The zero-order valence-corrected chi connectivity index (χ0v) is 13.0. The number of terminal acetylenes is 1. The van der Waals surface area contributed by atoms with Crippen molar-refractivity contribution in [2.45, 2.75) is 6.10 Å². The zero-order valence-electron chi connectivity index (χ0n) is 10.6. The number of halogens is 1. The van der Waals surface area contributed by atoms with E-state index in [0.717, 1.165) is 28.3 Å². The summed E-state index contributed by atoms with van der Waals surface area (Å²) in [5, 5.41) is 12.9. The van der Waals surface area contributed by atoms with E-state index in [2.05, 4.69) is 27.2 Å². The Hall–Kier alpha value is -0.670. The molecule has 0 aliphatic rings. The molecule has 0 aliphatic carbocycles. The SMILES string of the molecule is C#CCSCCNCC(O)COc1cccc(Br)c1. The van der Waals surface area contributed by atoms with Crippen LogP contribution in [0.3, 0.4) is 0 Å². The van der Waals surface area contributed by atoms with Gasteiger partial charge in [0.25, 0.3) is 0 Å². The second-order valence-electron chi connectivity index (χ2n) is 3.88. The molecule has 0 aromatic heterocycles. The normalized spacial score (nSPS) is 11.8. The van der Waals surface area contributed by atoms with Crippen LogP contribution in [0.4, 0.5) is 0 Å². The van der Waals surface area contributed by atoms with E-state index >= 15 is 0 Å². The largest absolute Gasteiger partial charge is 0.491 e. The number of benzene rings is 1. The van der Waals surface area contributed by atoms with Crippen LogP contribution < -0.4 is 10.1 Å². The van der Waals surface area contributed by atoms with Crippen LogP contribution in [-0.2, 0) is 0 Å². The van der Waals surface area contributed by atoms with Crippen molar-refractivity contribution in [1.29, 1.82) is 0 Å². The molecule has 1 rings (SSSR count). The molecule has 2 N–H and O–H groups in total. The molecular formula is C14H18BrNO2S. The molecule has 104 valence electrons. The highest BCUT2D eigenvalue weighted by Gasteiger charge is 2.04. The maximum absolute atomic E-state index is 9.74. The summed E-state index contributed by atoms with van der Waals surface area (Å²) in [6.07, 6.45) is 4.63. The van der Waals surface area contributed by atoms with E-state index in [1.807, 2.05) is 24.3 Å². The Balaban J connectivity index is 2.08. The highest BCUT2D eigenvalue weighted by molar-refractivity contribution is 9.10. The van der Waals surface area contributed by atoms with Gasteiger partial charge in [0.1, 0.15) is 18.5 Å². The van der Waals surface area contributed by atoms with Gasteiger partial charge < -0.3 is 15.2 Å². The van der Waals surface area contributed by atoms with E-state index in [9.17, 15) is 5.11 Å². The van der Waals surface area contributed by atoms with Gasteiger partial charge in [-0.05, 0) is 18.2 Å². The molecule has 0 spiro atoms. The Morgan fingerprint density at radius 1 is 1.53 bits per heavy atom. The standard InChI is InChI=1S/C14H18BrNO2S/c1-2-7-19-8-6-16-10-13(17)11-18-14-5-3-4-12(15)9-14/h1,3-5,9,13,16-17H,6-8,10-11H2. The minimum absolute atomic E-state index is 0.279. The molecule has 19 heavy (non-hydrogen) atoms. The molecule has 0 amide bonds. The van der Waals surface area contributed by atoms with Crippen LogP contribution in [0.2, 0.25) is 0 Å². The van der Waals surface area contributed by atoms with Crippen LogP contribution in [0, 0.1) is 12.3 Å². The van der Waals surface area contributed by atoms with E-state index in [4.69, 9.17) is 11.2 Å². The quantitative estimate of drug-likeness (QED) is 0.532. The molecule has 0 radical (unpaired) electrons. The fourth-order valence-electron chi connectivity index (χ4n) is 1.35. The summed E-state index contributed by atoms with van der Waals surface area (Å²) in [6, 6.07) is 7.56. The third kappa shape index (κ3) is 8.17. The molecule has 0 heterocycles. The van der Waals surface area contributed by atoms with Crippen molar-refractivity contribution in [2.24, 2.45) is 0 Å². The predicted molar refractivity (Wildman–Crippen MR) is 84.7 cm³/mol. The third-order valence-corrected chi connectivity index (χ3v) is 3.58. The molecular weight excluding hydrogens is 326 g/mol. The van der Waals surface area contributed by atoms with Crippen LogP contribution >= 0.6 is 27.7 Å². The van der Waals surface area contributed by atoms with Crippen LogP contribution in [0.25, 0.3) is 0 Å². The highest BCUT2D eigenvalue weighted by Crippen LogP contribution is 2.17. The van der Waals surface area contributed by atoms with Gasteiger partial charge >= 0.3 is 0 Å². The summed E-state index contributed by atoms with van der Waals surface area (Å²) in [6.45, 7) is 1.63. The first kappa shape index (κ1) is 16.4. The minimum Gasteiger partial charge on any atom is -0.491 e. The van der Waals surface area contributed by atoms with Crippen LogP contribution in [0.15, 0.2) is 28.7 Å². The van der Waals surface area contributed by atoms with Gasteiger partial charge in [-0.2, -0.15) is 0 Å². The molecule has 0 aliphatic heterocycles. The molecule has 0 bridgehead atoms. The summed E-state index contributed by atoms with van der Waals surface area (Å²) in [5.41, 5.74) is 0. The maximum Gasteiger partial charge on any atom is 0.120 e. The summed E-state index contributed by atoms with van der Waals surface area (Å²) in [4.78, 5) is 0. The molecule has 0 saturated carbocycles. The van der Waals surface area contributed by atoms with Crippen molar-refractivity contribution < 1.29 is 9.84 Å². The van der Waals surface area contributed by atoms with Crippen molar-refractivity contribution in [2.75, 3.05) is 31.2 Å². The minimum atomic E-state index is -0.517. The van der Waals surface area contributed by atoms with Gasteiger partial charge in [0.15, 0.2) is 0 Å². The first-order valence-electron chi connectivity index (χ1n) is 6.00. The predicted octanol–water partition coefficient (Wildman–Crippen LogP) is 2.14. The molecule has 1 aromatic rings. The summed E-state index contributed by atoms with van der Waals surface area (Å²) in [5.74, 6) is 5.00. The third-order valence-electron chi connectivity index (χ3n) is 2.23. The van der Waals surface area contributed by atoms with Crippen LogP contribution in [-0.4, -0.2) is 42.4 Å². The molecule has 1 atom stereocenters. The first-order valence-corrected chi connectivity index (χ1v) is 7.95. The number of hydrogen-bond acceptors (Lipinski definition) is 4. The molecule has 0 fully saturated rings. The van der Waals surface area contributed by atoms with Gasteiger partial charge in [-0.25, -0.2) is 0 Å². The Labute approximate surface area is 127 Å². The number of nitrogens with one attached hydrogen (secondary N) is 1. The van der Waals surface area contributed by atoms with Gasteiger partial charge in [-0.3, -0.25) is 0 Å². The van der Waals surface area contributed by atoms with Gasteiger partial charge in [0.05, 0.1) is 5.75 Å². The lowest BCUT2D eigenvalue weighted by molar-refractivity contribution is 0.107. The number of aliphatic hydroxyl groups is 1. The number of ether oxygens (including phenoxy) is 1. The van der Waals surface area contributed by atoms with Crippen LogP contribution in [0.1, 0.15) is 0 Å². The number of hydrogen-bond donors (Lipinski definition) is 2. The molecule has 5 heteroatoms. The van der Waals surface area contributed by atoms with E-state index in [1.165, 1.54) is 0 Å². The first-order chi connectivity index (χ1) is 9.22. The summed E-state index contributed by atoms with van der Waals surface area (Å²) < 4.78 is 6.45. The lowest BCUT2D eigenvalue weighted by Crippen LogP contribution is -2.32. The van der Waals surface area contributed by atoms with E-state index in [0.29, 0.717) is 6.54 Å². The number of thioether (sulfide) groups is 1. The van der Waals surface area contributed by atoms with Crippen molar-refractivity contribution in [3.8, 4) is 18.1 Å². The van der Waals surface area contributed by atoms with Gasteiger partial charge in [0, 0.05) is 23.3 Å². The van der Waals surface area contributed by atoms with Crippen molar-refractivity contribution >= 4 is 27.7 Å². The fraction of sp³-hybridized carbons (Fsp3) is 0.429. The van der Waals surface area contributed by atoms with Crippen LogP contribution in [0.5, 0.6) is 5.75 Å². The maximum atomic E-state index is 9.74. The van der Waals surface area contributed by atoms with Gasteiger partial charge in [-0.1, -0.05) is 27.9 Å². The molecule has 3 nitrogen and oxygen atoms in total. The summed E-state index contributed by atoms with van der Waals surface area (Å²) >= 11 is 5.07. The lowest BCUT2D eigenvalue weighted by Gasteiger charge is -2.13. The lowest BCUT2D eigenvalue weighted by atomic mass is 10.3. The Morgan fingerprint density at radius 2 is 2.37 bits per heavy atom.